The van der Waals surface area contributed by atoms with Crippen molar-refractivity contribution in [2.45, 2.75) is 32.2 Å². The third-order valence-electron chi connectivity index (χ3n) is 2.38. The Bertz CT molecular complexity index is 377. The molecule has 2 nitrogen and oxygen atoms in total. The van der Waals surface area contributed by atoms with Crippen LogP contribution in [0.4, 0.5) is 22.0 Å². The van der Waals surface area contributed by atoms with Gasteiger partial charge in [-0.05, 0) is 30.7 Å². The number of likely N-dealkylation sites (N-methyl/N-ethyl adjacent to an activating group) is 1. The van der Waals surface area contributed by atoms with Crippen molar-refractivity contribution in [3.05, 3.63) is 29.8 Å². The van der Waals surface area contributed by atoms with Crippen LogP contribution < -0.4 is 10.1 Å². The second-order valence-electron chi connectivity index (χ2n) is 3.89. The highest BCUT2D eigenvalue weighted by molar-refractivity contribution is 5.28. The Kier molecular flexibility index (Phi) is 5.53. The fraction of sp³-hybridized carbons (Fsp3) is 0.500. The summed E-state index contributed by atoms with van der Waals surface area (Å²) >= 11 is 0. The lowest BCUT2D eigenvalue weighted by atomic mass is 10.1. The first-order valence-corrected chi connectivity index (χ1v) is 5.68. The molecule has 1 aromatic rings. The summed E-state index contributed by atoms with van der Waals surface area (Å²) in [6.07, 6.45) is -7.25. The van der Waals surface area contributed by atoms with E-state index in [1.807, 2.05) is 0 Å². The van der Waals surface area contributed by atoms with Crippen LogP contribution in [0.1, 0.15) is 12.5 Å². The molecule has 0 aliphatic heterocycles. The molecule has 0 aliphatic carbocycles. The van der Waals surface area contributed by atoms with Gasteiger partial charge >= 0.3 is 6.36 Å². The van der Waals surface area contributed by atoms with Crippen molar-refractivity contribution in [3.63, 3.8) is 0 Å². The van der Waals surface area contributed by atoms with Crippen molar-refractivity contribution in [2.75, 3.05) is 6.54 Å². The first-order chi connectivity index (χ1) is 8.81. The molecule has 0 heterocycles. The molecule has 1 unspecified atom stereocenters. The normalized spacial score (nSPS) is 13.6. The molecule has 1 atom stereocenters. The average molecular weight is 283 g/mol. The van der Waals surface area contributed by atoms with Crippen molar-refractivity contribution >= 4 is 0 Å². The van der Waals surface area contributed by atoms with E-state index in [1.54, 1.807) is 6.92 Å². The Morgan fingerprint density at radius 1 is 1.16 bits per heavy atom. The molecule has 0 bridgehead atoms. The van der Waals surface area contributed by atoms with Crippen LogP contribution in [0.5, 0.6) is 5.75 Å². The van der Waals surface area contributed by atoms with Crippen LogP contribution in [-0.2, 0) is 6.42 Å². The Balaban J connectivity index is 2.65. The number of benzene rings is 1. The quantitative estimate of drug-likeness (QED) is 0.808. The maximum atomic E-state index is 12.6. The molecule has 0 aromatic heterocycles. The van der Waals surface area contributed by atoms with Gasteiger partial charge in [0.05, 0.1) is 6.04 Å². The summed E-state index contributed by atoms with van der Waals surface area (Å²) in [6.45, 7) is 2.10. The number of halogens is 5. The van der Waals surface area contributed by atoms with E-state index in [2.05, 4.69) is 10.1 Å². The predicted molar refractivity (Wildman–Crippen MR) is 60.3 cm³/mol. The largest absolute Gasteiger partial charge is 0.573 e. The molecule has 7 heteroatoms. The van der Waals surface area contributed by atoms with Crippen LogP contribution in [0.2, 0.25) is 0 Å². The summed E-state index contributed by atoms with van der Waals surface area (Å²) < 4.78 is 64.7. The molecule has 19 heavy (non-hydrogen) atoms. The lowest BCUT2D eigenvalue weighted by molar-refractivity contribution is -0.274. The molecule has 0 fully saturated rings. The first kappa shape index (κ1) is 15.7. The number of alkyl halides is 5. The van der Waals surface area contributed by atoms with Gasteiger partial charge in [-0.3, -0.25) is 0 Å². The highest BCUT2D eigenvalue weighted by Crippen LogP contribution is 2.23. The summed E-state index contributed by atoms with van der Waals surface area (Å²) in [5.74, 6) is -0.367. The summed E-state index contributed by atoms with van der Waals surface area (Å²) in [5.41, 5.74) is 0.515. The standard InChI is InChI=1S/C12H14F5NO/c1-2-18-10(11(13)14)7-8-3-5-9(6-4-8)19-12(15,16)17/h3-6,10-11,18H,2,7H2,1H3. The molecule has 0 saturated carbocycles. The highest BCUT2D eigenvalue weighted by Gasteiger charge is 2.31. The van der Waals surface area contributed by atoms with Gasteiger partial charge in [0.1, 0.15) is 5.75 Å². The van der Waals surface area contributed by atoms with Crippen molar-refractivity contribution in [2.24, 2.45) is 0 Å². The molecule has 108 valence electrons. The summed E-state index contributed by atoms with van der Waals surface area (Å²) in [7, 11) is 0. The smallest absolute Gasteiger partial charge is 0.406 e. The minimum atomic E-state index is -4.75. The number of rotatable bonds is 6. The topological polar surface area (TPSA) is 21.3 Å². The van der Waals surface area contributed by atoms with E-state index in [0.717, 1.165) is 12.1 Å². The minimum Gasteiger partial charge on any atom is -0.406 e. The van der Waals surface area contributed by atoms with E-state index < -0.39 is 18.8 Å². The SMILES string of the molecule is CCNC(Cc1ccc(OC(F)(F)F)cc1)C(F)F. The maximum absolute atomic E-state index is 12.6. The molecule has 0 radical (unpaired) electrons. The van der Waals surface area contributed by atoms with Gasteiger partial charge in [-0.25, -0.2) is 8.78 Å². The Labute approximate surface area is 107 Å². The van der Waals surface area contributed by atoms with Gasteiger partial charge in [-0.2, -0.15) is 0 Å². The van der Waals surface area contributed by atoms with Crippen LogP contribution >= 0.6 is 0 Å². The second-order valence-corrected chi connectivity index (χ2v) is 3.89. The van der Waals surface area contributed by atoms with Gasteiger partial charge in [-0.15, -0.1) is 13.2 Å². The maximum Gasteiger partial charge on any atom is 0.573 e. The monoisotopic (exact) mass is 283 g/mol. The molecule has 0 amide bonds. The minimum absolute atomic E-state index is 0.0395. The lowest BCUT2D eigenvalue weighted by Gasteiger charge is -2.17. The number of nitrogens with one attached hydrogen (secondary N) is 1. The zero-order valence-electron chi connectivity index (χ0n) is 10.2. The first-order valence-electron chi connectivity index (χ1n) is 5.68. The molecule has 1 N–H and O–H groups in total. The van der Waals surface area contributed by atoms with E-state index in [0.29, 0.717) is 12.1 Å². The number of ether oxygens (including phenoxy) is 1. The molecule has 1 rings (SSSR count). The van der Waals surface area contributed by atoms with Crippen LogP contribution in [0.25, 0.3) is 0 Å². The fourth-order valence-corrected chi connectivity index (χ4v) is 1.59. The predicted octanol–water partition coefficient (Wildman–Crippen LogP) is 3.37. The molecular weight excluding hydrogens is 269 g/mol. The second kappa shape index (κ2) is 6.70. The van der Waals surface area contributed by atoms with E-state index in [9.17, 15) is 22.0 Å². The summed E-state index contributed by atoms with van der Waals surface area (Å²) in [4.78, 5) is 0. The number of hydrogen-bond donors (Lipinski definition) is 1. The van der Waals surface area contributed by atoms with Gasteiger partial charge in [0.15, 0.2) is 0 Å². The fourth-order valence-electron chi connectivity index (χ4n) is 1.59. The zero-order chi connectivity index (χ0) is 14.5. The van der Waals surface area contributed by atoms with Crippen molar-refractivity contribution in [1.29, 1.82) is 0 Å². The van der Waals surface area contributed by atoms with Crippen LogP contribution in [0, 0.1) is 0 Å². The Morgan fingerprint density at radius 2 is 1.74 bits per heavy atom. The van der Waals surface area contributed by atoms with E-state index in [4.69, 9.17) is 0 Å². The highest BCUT2D eigenvalue weighted by atomic mass is 19.4. The zero-order valence-corrected chi connectivity index (χ0v) is 10.2. The third-order valence-corrected chi connectivity index (χ3v) is 2.38. The van der Waals surface area contributed by atoms with Crippen molar-refractivity contribution in [1.82, 2.24) is 5.32 Å². The van der Waals surface area contributed by atoms with Gasteiger partial charge in [-0.1, -0.05) is 19.1 Å². The number of hydrogen-bond acceptors (Lipinski definition) is 2. The third kappa shape index (κ3) is 5.87. The lowest BCUT2D eigenvalue weighted by Crippen LogP contribution is -2.37. The van der Waals surface area contributed by atoms with E-state index in [1.165, 1.54) is 12.1 Å². The van der Waals surface area contributed by atoms with E-state index >= 15 is 0 Å². The molecule has 0 saturated heterocycles. The van der Waals surface area contributed by atoms with Crippen molar-refractivity contribution < 1.29 is 26.7 Å². The van der Waals surface area contributed by atoms with Crippen molar-refractivity contribution in [3.8, 4) is 5.75 Å². The van der Waals surface area contributed by atoms with Gasteiger partial charge in [0.25, 0.3) is 6.43 Å². The van der Waals surface area contributed by atoms with Crippen LogP contribution in [-0.4, -0.2) is 25.4 Å². The van der Waals surface area contributed by atoms with Crippen LogP contribution in [0.15, 0.2) is 24.3 Å². The Morgan fingerprint density at radius 3 is 2.16 bits per heavy atom. The Hall–Kier alpha value is -1.37. The summed E-state index contributed by atoms with van der Waals surface area (Å²) in [5, 5.41) is 2.62. The van der Waals surface area contributed by atoms with Crippen LogP contribution in [0.3, 0.4) is 0 Å². The summed E-state index contributed by atoms with van der Waals surface area (Å²) in [6, 6.07) is 3.88. The average Bonchev–Trinajstić information content (AvgIpc) is 2.29. The molecule has 1 aromatic carbocycles. The van der Waals surface area contributed by atoms with Gasteiger partial charge < -0.3 is 10.1 Å². The van der Waals surface area contributed by atoms with E-state index in [-0.39, 0.29) is 12.2 Å². The van der Waals surface area contributed by atoms with Gasteiger partial charge in [0.2, 0.25) is 0 Å². The molecule has 0 spiro atoms. The van der Waals surface area contributed by atoms with Gasteiger partial charge in [0, 0.05) is 0 Å². The molecular formula is C12H14F5NO. The molecule has 0 aliphatic rings.